The van der Waals surface area contributed by atoms with Gasteiger partial charge in [-0.05, 0) is 50.3 Å². The van der Waals surface area contributed by atoms with Crippen LogP contribution in [0.1, 0.15) is 50.0 Å². The maximum atomic E-state index is 13.4. The lowest BCUT2D eigenvalue weighted by Crippen LogP contribution is -2.39. The van der Waals surface area contributed by atoms with Gasteiger partial charge in [-0.3, -0.25) is 4.79 Å². The minimum absolute atomic E-state index is 0.0185. The van der Waals surface area contributed by atoms with Crippen LogP contribution in [0.2, 0.25) is 0 Å². The van der Waals surface area contributed by atoms with Gasteiger partial charge in [-0.25, -0.2) is 4.39 Å². The molecule has 1 aromatic rings. The number of nitrogens with two attached hydrogens (primary N) is 1. The van der Waals surface area contributed by atoms with Gasteiger partial charge in [-0.15, -0.1) is 0 Å². The van der Waals surface area contributed by atoms with Crippen molar-refractivity contribution in [2.24, 2.45) is 5.73 Å². The van der Waals surface area contributed by atoms with Gasteiger partial charge in [0, 0.05) is 17.9 Å². The van der Waals surface area contributed by atoms with E-state index in [1.165, 1.54) is 12.1 Å². The van der Waals surface area contributed by atoms with E-state index in [9.17, 15) is 9.18 Å². The number of carbonyl (C=O) groups is 1. The zero-order chi connectivity index (χ0) is 13.5. The second-order valence-corrected chi connectivity index (χ2v) is 5.75. The van der Waals surface area contributed by atoms with E-state index in [-0.39, 0.29) is 29.7 Å². The number of ether oxygens (including phenoxy) is 1. The summed E-state index contributed by atoms with van der Waals surface area (Å²) in [6, 6.07) is 4.57. The number of hydrogen-bond donors (Lipinski definition) is 1. The summed E-state index contributed by atoms with van der Waals surface area (Å²) < 4.78 is 19.5. The van der Waals surface area contributed by atoms with Crippen molar-refractivity contribution in [1.82, 2.24) is 0 Å². The predicted molar refractivity (Wildman–Crippen MR) is 69.4 cm³/mol. The van der Waals surface area contributed by atoms with Gasteiger partial charge >= 0.3 is 0 Å². The number of primary amides is 1. The first-order valence-corrected chi connectivity index (χ1v) is 6.85. The van der Waals surface area contributed by atoms with Crippen LogP contribution in [0.4, 0.5) is 4.39 Å². The first kappa shape index (κ1) is 12.5. The third-order valence-electron chi connectivity index (χ3n) is 4.32. The van der Waals surface area contributed by atoms with Crippen molar-refractivity contribution in [3.05, 3.63) is 29.6 Å². The van der Waals surface area contributed by atoms with Crippen molar-refractivity contribution >= 4 is 5.91 Å². The Kier molecular flexibility index (Phi) is 2.96. The second-order valence-electron chi connectivity index (χ2n) is 5.75. The van der Waals surface area contributed by atoms with Gasteiger partial charge in [0.2, 0.25) is 5.91 Å². The van der Waals surface area contributed by atoms with Gasteiger partial charge in [0.05, 0.1) is 0 Å². The summed E-state index contributed by atoms with van der Waals surface area (Å²) in [5, 5.41) is 0. The highest BCUT2D eigenvalue weighted by molar-refractivity contribution is 5.75. The second kappa shape index (κ2) is 4.51. The van der Waals surface area contributed by atoms with Crippen LogP contribution in [0.15, 0.2) is 18.2 Å². The number of hydrogen-bond acceptors (Lipinski definition) is 2. The minimum Gasteiger partial charge on any atom is -0.487 e. The molecule has 1 fully saturated rings. The van der Waals surface area contributed by atoms with E-state index in [0.29, 0.717) is 0 Å². The van der Waals surface area contributed by atoms with E-state index < -0.39 is 0 Å². The molecule has 1 aliphatic heterocycles. The molecule has 2 aliphatic rings. The van der Waals surface area contributed by atoms with Gasteiger partial charge in [-0.1, -0.05) is 0 Å². The summed E-state index contributed by atoms with van der Waals surface area (Å²) in [6.07, 6.45) is 5.37. The fraction of sp³-hybridized carbons (Fsp3) is 0.533. The predicted octanol–water partition coefficient (Wildman–Crippen LogP) is 2.88. The normalized spacial score (nSPS) is 23.9. The Balaban J connectivity index is 1.98. The van der Waals surface area contributed by atoms with Crippen LogP contribution < -0.4 is 10.5 Å². The summed E-state index contributed by atoms with van der Waals surface area (Å²) in [5.41, 5.74) is 5.96. The molecular weight excluding hydrogens is 245 g/mol. The molecular formula is C15H18FNO2. The van der Waals surface area contributed by atoms with Crippen LogP contribution in [0, 0.1) is 5.82 Å². The van der Waals surface area contributed by atoms with Gasteiger partial charge in [0.1, 0.15) is 17.2 Å². The monoisotopic (exact) mass is 263 g/mol. The summed E-state index contributed by atoms with van der Waals surface area (Å²) in [7, 11) is 0. The van der Waals surface area contributed by atoms with Crippen LogP contribution in [0.25, 0.3) is 0 Å². The first-order chi connectivity index (χ1) is 9.08. The molecule has 0 saturated heterocycles. The van der Waals surface area contributed by atoms with Crippen molar-refractivity contribution in [2.45, 2.75) is 50.0 Å². The first-order valence-electron chi connectivity index (χ1n) is 6.85. The molecule has 102 valence electrons. The molecule has 1 saturated carbocycles. The maximum absolute atomic E-state index is 13.4. The molecule has 0 radical (unpaired) electrons. The lowest BCUT2D eigenvalue weighted by Gasteiger charge is -2.39. The zero-order valence-electron chi connectivity index (χ0n) is 10.8. The highest BCUT2D eigenvalue weighted by Gasteiger charge is 2.43. The Bertz CT molecular complexity index is 509. The molecule has 2 N–H and O–H groups in total. The largest absolute Gasteiger partial charge is 0.487 e. The molecule has 1 amide bonds. The molecule has 1 aromatic carbocycles. The standard InChI is InChI=1S/C15H18FNO2/c16-11-3-4-13-12(8-11)10(7-14(17)18)9-15(19-13)5-1-2-6-15/h3-4,8,10H,1-2,5-7,9H2,(H2,17,18). The Morgan fingerprint density at radius 2 is 2.16 bits per heavy atom. The van der Waals surface area contributed by atoms with Crippen LogP contribution in [0.5, 0.6) is 5.75 Å². The summed E-state index contributed by atoms with van der Waals surface area (Å²) in [4.78, 5) is 11.3. The maximum Gasteiger partial charge on any atom is 0.218 e. The smallest absolute Gasteiger partial charge is 0.218 e. The average Bonchev–Trinajstić information content (AvgIpc) is 2.78. The fourth-order valence-corrected chi connectivity index (χ4v) is 3.52. The Morgan fingerprint density at radius 1 is 1.42 bits per heavy atom. The third kappa shape index (κ3) is 2.31. The molecule has 1 atom stereocenters. The number of carbonyl (C=O) groups excluding carboxylic acids is 1. The van der Waals surface area contributed by atoms with Crippen LogP contribution in [0.3, 0.4) is 0 Å². The number of benzene rings is 1. The molecule has 1 spiro atoms. The van der Waals surface area contributed by atoms with E-state index in [1.54, 1.807) is 6.07 Å². The molecule has 4 heteroatoms. The van der Waals surface area contributed by atoms with Gasteiger partial charge < -0.3 is 10.5 Å². The number of rotatable bonds is 2. The van der Waals surface area contributed by atoms with Crippen molar-refractivity contribution in [1.29, 1.82) is 0 Å². The van der Waals surface area contributed by atoms with E-state index in [1.807, 2.05) is 0 Å². The number of fused-ring (bicyclic) bond motifs is 1. The lowest BCUT2D eigenvalue weighted by molar-refractivity contribution is -0.118. The zero-order valence-corrected chi connectivity index (χ0v) is 10.8. The average molecular weight is 263 g/mol. The topological polar surface area (TPSA) is 52.3 Å². The van der Waals surface area contributed by atoms with E-state index in [4.69, 9.17) is 10.5 Å². The highest BCUT2D eigenvalue weighted by Crippen LogP contribution is 2.49. The minimum atomic E-state index is -0.338. The van der Waals surface area contributed by atoms with E-state index in [2.05, 4.69) is 0 Å². The van der Waals surface area contributed by atoms with Gasteiger partial charge in [0.15, 0.2) is 0 Å². The molecule has 0 aromatic heterocycles. The van der Waals surface area contributed by atoms with Gasteiger partial charge in [0.25, 0.3) is 0 Å². The fourth-order valence-electron chi connectivity index (χ4n) is 3.52. The summed E-state index contributed by atoms with van der Waals surface area (Å²) in [6.45, 7) is 0. The Labute approximate surface area is 111 Å². The van der Waals surface area contributed by atoms with Gasteiger partial charge in [-0.2, -0.15) is 0 Å². The molecule has 3 rings (SSSR count). The molecule has 0 bridgehead atoms. The Hall–Kier alpha value is -1.58. The summed E-state index contributed by atoms with van der Waals surface area (Å²) >= 11 is 0. The van der Waals surface area contributed by atoms with Crippen molar-refractivity contribution in [3.63, 3.8) is 0 Å². The molecule has 3 nitrogen and oxygen atoms in total. The lowest BCUT2D eigenvalue weighted by atomic mass is 9.80. The summed E-state index contributed by atoms with van der Waals surface area (Å²) in [5.74, 6) is 0.0744. The Morgan fingerprint density at radius 3 is 2.84 bits per heavy atom. The van der Waals surface area contributed by atoms with Crippen molar-refractivity contribution in [3.8, 4) is 5.75 Å². The van der Waals surface area contributed by atoms with Crippen LogP contribution >= 0.6 is 0 Å². The third-order valence-corrected chi connectivity index (χ3v) is 4.32. The SMILES string of the molecule is NC(=O)CC1CC2(CCCC2)Oc2ccc(F)cc21. The molecule has 1 unspecified atom stereocenters. The molecule has 1 aliphatic carbocycles. The highest BCUT2D eigenvalue weighted by atomic mass is 19.1. The van der Waals surface area contributed by atoms with Crippen LogP contribution in [-0.2, 0) is 4.79 Å². The van der Waals surface area contributed by atoms with Crippen molar-refractivity contribution in [2.75, 3.05) is 0 Å². The van der Waals surface area contributed by atoms with Crippen molar-refractivity contribution < 1.29 is 13.9 Å². The molecule has 1 heterocycles. The van der Waals surface area contributed by atoms with E-state index in [0.717, 1.165) is 43.4 Å². The quantitative estimate of drug-likeness (QED) is 0.892. The van der Waals surface area contributed by atoms with Crippen LogP contribution in [-0.4, -0.2) is 11.5 Å². The molecule has 19 heavy (non-hydrogen) atoms. The van der Waals surface area contributed by atoms with E-state index >= 15 is 0 Å². The number of halogens is 1. The number of amides is 1.